The van der Waals surface area contributed by atoms with Gasteiger partial charge in [-0.15, -0.1) is 6.58 Å². The van der Waals surface area contributed by atoms with Crippen molar-refractivity contribution in [1.29, 1.82) is 0 Å². The second-order valence-corrected chi connectivity index (χ2v) is 5.42. The molecule has 0 radical (unpaired) electrons. The van der Waals surface area contributed by atoms with Gasteiger partial charge in [-0.05, 0) is 30.3 Å². The molecule has 6 heteroatoms. The van der Waals surface area contributed by atoms with Crippen LogP contribution < -0.4 is 19.7 Å². The number of nitrogens with one attached hydrogen (secondary N) is 1. The summed E-state index contributed by atoms with van der Waals surface area (Å²) < 4.78 is 10.6. The Kier molecular flexibility index (Phi) is 4.70. The Hall–Kier alpha value is -3.28. The van der Waals surface area contributed by atoms with Crippen molar-refractivity contribution in [3.05, 3.63) is 60.7 Å². The molecule has 0 atom stereocenters. The molecule has 1 N–H and O–H groups in total. The predicted molar refractivity (Wildman–Crippen MR) is 95.4 cm³/mol. The molecule has 2 aromatic carbocycles. The quantitative estimate of drug-likeness (QED) is 0.851. The van der Waals surface area contributed by atoms with Crippen LogP contribution in [0.4, 0.5) is 11.4 Å². The number of carbonyl (C=O) groups excluding carboxylic acids is 2. The molecule has 0 aliphatic carbocycles. The number of fused-ring (bicyclic) bond motifs is 1. The van der Waals surface area contributed by atoms with Gasteiger partial charge in [-0.3, -0.25) is 9.59 Å². The van der Waals surface area contributed by atoms with Gasteiger partial charge in [-0.25, -0.2) is 0 Å². The Labute approximate surface area is 145 Å². The summed E-state index contributed by atoms with van der Waals surface area (Å²) in [5.41, 5.74) is 1.59. The molecule has 2 amide bonds. The van der Waals surface area contributed by atoms with E-state index in [0.717, 1.165) is 0 Å². The van der Waals surface area contributed by atoms with Crippen molar-refractivity contribution in [2.45, 2.75) is 0 Å². The average Bonchev–Trinajstić information content (AvgIpc) is 2.64. The van der Waals surface area contributed by atoms with Crippen molar-refractivity contribution in [1.82, 2.24) is 0 Å². The number of benzene rings is 2. The van der Waals surface area contributed by atoms with Crippen LogP contribution in [0.25, 0.3) is 0 Å². The highest BCUT2D eigenvalue weighted by Gasteiger charge is 2.25. The summed E-state index contributed by atoms with van der Waals surface area (Å²) in [5, 5.41) is 2.82. The smallest absolute Gasteiger partial charge is 0.265 e. The maximum absolute atomic E-state index is 12.5. The largest absolute Gasteiger partial charge is 0.496 e. The molecule has 128 valence electrons. The van der Waals surface area contributed by atoms with Crippen LogP contribution in [0.1, 0.15) is 10.4 Å². The van der Waals surface area contributed by atoms with Gasteiger partial charge in [-0.2, -0.15) is 0 Å². The van der Waals surface area contributed by atoms with Gasteiger partial charge in [0, 0.05) is 12.2 Å². The summed E-state index contributed by atoms with van der Waals surface area (Å²) in [6.07, 6.45) is 1.65. The zero-order valence-electron chi connectivity index (χ0n) is 13.8. The molecular weight excluding hydrogens is 320 g/mol. The number of para-hydroxylation sites is 1. The molecule has 1 heterocycles. The normalized spacial score (nSPS) is 12.8. The minimum Gasteiger partial charge on any atom is -0.496 e. The predicted octanol–water partition coefficient (Wildman–Crippen LogP) is 2.86. The maximum atomic E-state index is 12.5. The van der Waals surface area contributed by atoms with Crippen LogP contribution in [0.5, 0.6) is 11.5 Å². The van der Waals surface area contributed by atoms with Gasteiger partial charge in [0.25, 0.3) is 11.8 Å². The first-order valence-corrected chi connectivity index (χ1v) is 7.76. The first-order chi connectivity index (χ1) is 12.1. The van der Waals surface area contributed by atoms with Crippen LogP contribution in [-0.2, 0) is 4.79 Å². The minimum atomic E-state index is -0.296. The molecule has 0 saturated heterocycles. The van der Waals surface area contributed by atoms with Gasteiger partial charge in [0.15, 0.2) is 6.61 Å². The third-order valence-corrected chi connectivity index (χ3v) is 3.82. The van der Waals surface area contributed by atoms with Gasteiger partial charge in [-0.1, -0.05) is 18.2 Å². The Balaban J connectivity index is 1.88. The topological polar surface area (TPSA) is 67.9 Å². The van der Waals surface area contributed by atoms with Crippen molar-refractivity contribution in [2.24, 2.45) is 0 Å². The molecule has 25 heavy (non-hydrogen) atoms. The van der Waals surface area contributed by atoms with Crippen molar-refractivity contribution in [3.8, 4) is 11.5 Å². The van der Waals surface area contributed by atoms with E-state index in [0.29, 0.717) is 35.0 Å². The summed E-state index contributed by atoms with van der Waals surface area (Å²) in [6.45, 7) is 4.04. The number of amides is 2. The summed E-state index contributed by atoms with van der Waals surface area (Å²) in [6, 6.07) is 12.1. The number of nitrogens with zero attached hydrogens (tertiary/aromatic N) is 1. The Morgan fingerprint density at radius 1 is 1.36 bits per heavy atom. The molecular formula is C19H18N2O4. The van der Waals surface area contributed by atoms with E-state index in [4.69, 9.17) is 9.47 Å². The highest BCUT2D eigenvalue weighted by atomic mass is 16.5. The fraction of sp³-hybridized carbons (Fsp3) is 0.158. The van der Waals surface area contributed by atoms with E-state index >= 15 is 0 Å². The first-order valence-electron chi connectivity index (χ1n) is 7.76. The van der Waals surface area contributed by atoms with Gasteiger partial charge >= 0.3 is 0 Å². The van der Waals surface area contributed by atoms with Crippen LogP contribution >= 0.6 is 0 Å². The van der Waals surface area contributed by atoms with Crippen LogP contribution in [0.2, 0.25) is 0 Å². The third-order valence-electron chi connectivity index (χ3n) is 3.82. The third kappa shape index (κ3) is 3.33. The van der Waals surface area contributed by atoms with Gasteiger partial charge in [0.2, 0.25) is 0 Å². The van der Waals surface area contributed by atoms with E-state index in [-0.39, 0.29) is 18.4 Å². The van der Waals surface area contributed by atoms with E-state index in [9.17, 15) is 9.59 Å². The summed E-state index contributed by atoms with van der Waals surface area (Å²) >= 11 is 0. The fourth-order valence-corrected chi connectivity index (χ4v) is 2.64. The number of anilines is 2. The lowest BCUT2D eigenvalue weighted by Gasteiger charge is -2.28. The lowest BCUT2D eigenvalue weighted by Crippen LogP contribution is -2.38. The zero-order valence-corrected chi connectivity index (χ0v) is 13.8. The van der Waals surface area contributed by atoms with Crippen molar-refractivity contribution < 1.29 is 19.1 Å². The summed E-state index contributed by atoms with van der Waals surface area (Å²) in [4.78, 5) is 26.1. The number of methoxy groups -OCH3 is 1. The molecule has 1 aliphatic heterocycles. The summed E-state index contributed by atoms with van der Waals surface area (Å²) in [7, 11) is 1.52. The van der Waals surface area contributed by atoms with Crippen LogP contribution in [-0.4, -0.2) is 32.1 Å². The standard InChI is InChI=1S/C19H18N2O4/c1-3-10-21-15-11-13(8-9-17(15)25-12-18(21)22)20-19(23)14-6-4-5-7-16(14)24-2/h3-9,11H,1,10,12H2,2H3,(H,20,23). The zero-order chi connectivity index (χ0) is 17.8. The molecule has 2 aromatic rings. The van der Waals surface area contributed by atoms with Crippen molar-refractivity contribution in [2.75, 3.05) is 30.5 Å². The minimum absolute atomic E-state index is 0.00619. The van der Waals surface area contributed by atoms with Gasteiger partial charge in [0.05, 0.1) is 18.4 Å². The van der Waals surface area contributed by atoms with E-state index in [1.807, 2.05) is 0 Å². The molecule has 0 spiro atoms. The van der Waals surface area contributed by atoms with E-state index in [1.54, 1.807) is 53.4 Å². The fourth-order valence-electron chi connectivity index (χ4n) is 2.64. The number of ether oxygens (including phenoxy) is 2. The van der Waals surface area contributed by atoms with E-state index in [2.05, 4.69) is 11.9 Å². The number of carbonyl (C=O) groups is 2. The molecule has 0 unspecified atom stereocenters. The highest BCUT2D eigenvalue weighted by Crippen LogP contribution is 2.34. The van der Waals surface area contributed by atoms with Crippen LogP contribution in [0.3, 0.4) is 0 Å². The van der Waals surface area contributed by atoms with Crippen molar-refractivity contribution >= 4 is 23.2 Å². The van der Waals surface area contributed by atoms with Crippen molar-refractivity contribution in [3.63, 3.8) is 0 Å². The van der Waals surface area contributed by atoms with Gasteiger partial charge < -0.3 is 19.7 Å². The molecule has 1 aliphatic rings. The molecule has 6 nitrogen and oxygen atoms in total. The molecule has 3 rings (SSSR count). The lowest BCUT2D eigenvalue weighted by atomic mass is 10.1. The molecule has 0 fully saturated rings. The van der Waals surface area contributed by atoms with Crippen LogP contribution in [0, 0.1) is 0 Å². The number of rotatable bonds is 5. The first kappa shape index (κ1) is 16.6. The average molecular weight is 338 g/mol. The highest BCUT2D eigenvalue weighted by molar-refractivity contribution is 6.07. The number of hydrogen-bond donors (Lipinski definition) is 1. The Bertz CT molecular complexity index is 832. The second kappa shape index (κ2) is 7.09. The Morgan fingerprint density at radius 3 is 2.92 bits per heavy atom. The molecule has 0 aromatic heterocycles. The van der Waals surface area contributed by atoms with Crippen LogP contribution in [0.15, 0.2) is 55.1 Å². The lowest BCUT2D eigenvalue weighted by molar-refractivity contribution is -0.121. The number of hydrogen-bond acceptors (Lipinski definition) is 4. The maximum Gasteiger partial charge on any atom is 0.265 e. The monoisotopic (exact) mass is 338 g/mol. The SMILES string of the molecule is C=CCN1C(=O)COc2ccc(NC(=O)c3ccccc3OC)cc21. The van der Waals surface area contributed by atoms with E-state index < -0.39 is 0 Å². The second-order valence-electron chi connectivity index (χ2n) is 5.42. The molecule has 0 bridgehead atoms. The Morgan fingerprint density at radius 2 is 2.16 bits per heavy atom. The van der Waals surface area contributed by atoms with Gasteiger partial charge in [0.1, 0.15) is 11.5 Å². The molecule has 0 saturated carbocycles. The van der Waals surface area contributed by atoms with E-state index in [1.165, 1.54) is 7.11 Å². The summed E-state index contributed by atoms with van der Waals surface area (Å²) in [5.74, 6) is 0.637.